The van der Waals surface area contributed by atoms with Crippen molar-refractivity contribution in [1.29, 1.82) is 0 Å². The van der Waals surface area contributed by atoms with E-state index in [4.69, 9.17) is 19.4 Å². The Bertz CT molecular complexity index is 1360. The molecule has 7 nitrogen and oxygen atoms in total. The Balaban J connectivity index is 1.27. The molecule has 1 unspecified atom stereocenters. The average Bonchev–Trinajstić information content (AvgIpc) is 3.39. The fourth-order valence-electron chi connectivity index (χ4n) is 5.25. The second-order valence-corrected chi connectivity index (χ2v) is 11.3. The van der Waals surface area contributed by atoms with Gasteiger partial charge in [0.1, 0.15) is 12.3 Å². The number of thioether (sulfide) groups is 1. The van der Waals surface area contributed by atoms with Crippen LogP contribution in [0, 0.1) is 6.92 Å². The number of fused-ring (bicyclic) bond motifs is 1. The maximum atomic E-state index is 6.46. The Morgan fingerprint density at radius 3 is 2.63 bits per heavy atom. The maximum absolute atomic E-state index is 6.46. The molecule has 1 aliphatic heterocycles. The van der Waals surface area contributed by atoms with Crippen LogP contribution in [0.1, 0.15) is 68.7 Å². The van der Waals surface area contributed by atoms with Crippen LogP contribution in [0.2, 0.25) is 0 Å². The quantitative estimate of drug-likeness (QED) is 0.236. The zero-order valence-electron chi connectivity index (χ0n) is 21.9. The third-order valence-electron chi connectivity index (χ3n) is 7.38. The predicted octanol–water partition coefficient (Wildman–Crippen LogP) is 7.58. The van der Waals surface area contributed by atoms with Crippen LogP contribution >= 0.6 is 11.8 Å². The van der Waals surface area contributed by atoms with Gasteiger partial charge in [0.05, 0.1) is 6.33 Å². The average molecular weight is 530 g/mol. The highest BCUT2D eigenvalue weighted by molar-refractivity contribution is 7.98. The Morgan fingerprint density at radius 2 is 1.84 bits per heavy atom. The van der Waals surface area contributed by atoms with Crippen molar-refractivity contribution in [3.8, 4) is 5.88 Å². The van der Waals surface area contributed by atoms with Crippen molar-refractivity contribution in [3.05, 3.63) is 66.0 Å². The van der Waals surface area contributed by atoms with Gasteiger partial charge in [0.2, 0.25) is 11.8 Å². The molecule has 8 heteroatoms. The van der Waals surface area contributed by atoms with Crippen LogP contribution in [0.4, 0.5) is 11.6 Å². The largest absolute Gasteiger partial charge is 0.473 e. The molecule has 1 N–H and O–H groups in total. The number of nitrogens with zero attached hydrogens (tertiary/aromatic N) is 4. The number of aryl methyl sites for hydroxylation is 1. The van der Waals surface area contributed by atoms with Crippen molar-refractivity contribution in [2.24, 2.45) is 0 Å². The molecular formula is C30H35N5O2S. The third-order valence-corrected chi connectivity index (χ3v) is 8.44. The van der Waals surface area contributed by atoms with Crippen LogP contribution in [-0.2, 0) is 10.5 Å². The second kappa shape index (κ2) is 11.7. The first kappa shape index (κ1) is 25.2. The van der Waals surface area contributed by atoms with Crippen molar-refractivity contribution in [2.45, 2.75) is 81.3 Å². The van der Waals surface area contributed by atoms with E-state index in [2.05, 4.69) is 65.8 Å². The summed E-state index contributed by atoms with van der Waals surface area (Å²) in [5.41, 5.74) is 4.92. The van der Waals surface area contributed by atoms with Gasteiger partial charge in [-0.2, -0.15) is 9.97 Å². The summed E-state index contributed by atoms with van der Waals surface area (Å²) >= 11 is 1.84. The minimum absolute atomic E-state index is 0.0540. The first-order valence-corrected chi connectivity index (χ1v) is 14.8. The first-order chi connectivity index (χ1) is 18.7. The standard InChI is InChI=1S/C30H35N5O2S/c1-21-18-24(38-19-22-10-4-2-5-11-22)15-16-25(21)32-30-33-28-27(29(34-30)37-23-12-6-3-7-13-23)31-20-35(28)26-14-8-9-17-36-26/h2,4-5,10-11,15-16,18,20,23,26H,3,6-9,12-14,17,19H2,1H3,(H,32,33,34). The van der Waals surface area contributed by atoms with Gasteiger partial charge in [0, 0.05) is 22.9 Å². The van der Waals surface area contributed by atoms with E-state index in [0.717, 1.165) is 61.4 Å². The molecule has 6 rings (SSSR count). The van der Waals surface area contributed by atoms with Crippen LogP contribution in [0.25, 0.3) is 11.2 Å². The van der Waals surface area contributed by atoms with Gasteiger partial charge in [-0.05, 0) is 81.2 Å². The van der Waals surface area contributed by atoms with Crippen molar-refractivity contribution in [3.63, 3.8) is 0 Å². The van der Waals surface area contributed by atoms with Crippen molar-refractivity contribution in [2.75, 3.05) is 11.9 Å². The van der Waals surface area contributed by atoms with E-state index in [1.54, 1.807) is 0 Å². The van der Waals surface area contributed by atoms with Crippen molar-refractivity contribution < 1.29 is 9.47 Å². The summed E-state index contributed by atoms with van der Waals surface area (Å²) in [6, 6.07) is 17.0. The maximum Gasteiger partial charge on any atom is 0.247 e. The Kier molecular flexibility index (Phi) is 7.79. The van der Waals surface area contributed by atoms with Crippen LogP contribution in [0.3, 0.4) is 0 Å². The van der Waals surface area contributed by atoms with E-state index in [-0.39, 0.29) is 12.3 Å². The molecule has 1 saturated carbocycles. The van der Waals surface area contributed by atoms with Gasteiger partial charge in [-0.25, -0.2) is 4.98 Å². The Labute approximate surface area is 228 Å². The summed E-state index contributed by atoms with van der Waals surface area (Å²) in [5.74, 6) is 2.03. The lowest BCUT2D eigenvalue weighted by molar-refractivity contribution is -0.0298. The van der Waals surface area contributed by atoms with Gasteiger partial charge >= 0.3 is 0 Å². The highest BCUT2D eigenvalue weighted by Gasteiger charge is 2.24. The number of benzene rings is 2. The monoisotopic (exact) mass is 529 g/mol. The molecule has 0 amide bonds. The number of nitrogens with one attached hydrogen (secondary N) is 1. The van der Waals surface area contributed by atoms with E-state index >= 15 is 0 Å². The third kappa shape index (κ3) is 5.81. The number of ether oxygens (including phenoxy) is 2. The summed E-state index contributed by atoms with van der Waals surface area (Å²) in [4.78, 5) is 15.7. The van der Waals surface area contributed by atoms with Crippen molar-refractivity contribution in [1.82, 2.24) is 19.5 Å². The lowest BCUT2D eigenvalue weighted by atomic mass is 9.98. The van der Waals surface area contributed by atoms with Crippen LogP contribution < -0.4 is 10.1 Å². The molecule has 0 radical (unpaired) electrons. The molecule has 2 aliphatic rings. The summed E-state index contributed by atoms with van der Waals surface area (Å²) in [7, 11) is 0. The number of anilines is 2. The molecule has 2 fully saturated rings. The topological polar surface area (TPSA) is 74.1 Å². The Morgan fingerprint density at radius 1 is 1.00 bits per heavy atom. The van der Waals surface area contributed by atoms with E-state index in [1.165, 1.54) is 29.7 Å². The van der Waals surface area contributed by atoms with Gasteiger partial charge in [-0.1, -0.05) is 36.8 Å². The zero-order valence-corrected chi connectivity index (χ0v) is 22.8. The number of hydrogen-bond donors (Lipinski definition) is 1. The highest BCUT2D eigenvalue weighted by Crippen LogP contribution is 2.33. The normalized spacial score (nSPS) is 18.5. The summed E-state index contributed by atoms with van der Waals surface area (Å²) in [6.07, 6.45) is 10.9. The highest BCUT2D eigenvalue weighted by atomic mass is 32.2. The minimum Gasteiger partial charge on any atom is -0.473 e. The Hall–Kier alpha value is -3.10. The molecular weight excluding hydrogens is 494 g/mol. The molecule has 4 aromatic rings. The molecule has 1 atom stereocenters. The molecule has 3 heterocycles. The predicted molar refractivity (Wildman–Crippen MR) is 152 cm³/mol. The first-order valence-electron chi connectivity index (χ1n) is 13.8. The molecule has 2 aromatic carbocycles. The smallest absolute Gasteiger partial charge is 0.247 e. The molecule has 0 spiro atoms. The van der Waals surface area contributed by atoms with E-state index in [9.17, 15) is 0 Å². The van der Waals surface area contributed by atoms with Crippen LogP contribution in [0.5, 0.6) is 5.88 Å². The van der Waals surface area contributed by atoms with E-state index < -0.39 is 0 Å². The van der Waals surface area contributed by atoms with Gasteiger partial charge in [0.25, 0.3) is 0 Å². The fourth-order valence-corrected chi connectivity index (χ4v) is 6.20. The van der Waals surface area contributed by atoms with Gasteiger partial charge in [0.15, 0.2) is 11.2 Å². The summed E-state index contributed by atoms with van der Waals surface area (Å²) in [5, 5.41) is 3.47. The molecule has 198 valence electrons. The number of hydrogen-bond acceptors (Lipinski definition) is 7. The summed E-state index contributed by atoms with van der Waals surface area (Å²) in [6.45, 7) is 2.88. The van der Waals surface area contributed by atoms with Crippen LogP contribution in [-0.4, -0.2) is 32.2 Å². The number of imidazole rings is 1. The summed E-state index contributed by atoms with van der Waals surface area (Å²) < 4.78 is 14.6. The van der Waals surface area contributed by atoms with Gasteiger partial charge in [-0.15, -0.1) is 11.8 Å². The number of rotatable bonds is 8. The molecule has 38 heavy (non-hydrogen) atoms. The lowest BCUT2D eigenvalue weighted by Crippen LogP contribution is -2.21. The van der Waals surface area contributed by atoms with E-state index in [1.807, 2.05) is 22.7 Å². The fraction of sp³-hybridized carbons (Fsp3) is 0.433. The van der Waals surface area contributed by atoms with Crippen LogP contribution in [0.15, 0.2) is 59.8 Å². The minimum atomic E-state index is -0.0540. The van der Waals surface area contributed by atoms with Gasteiger partial charge < -0.3 is 14.8 Å². The second-order valence-electron chi connectivity index (χ2n) is 10.3. The number of aromatic nitrogens is 4. The molecule has 2 aromatic heterocycles. The zero-order chi connectivity index (χ0) is 25.7. The molecule has 0 bridgehead atoms. The van der Waals surface area contributed by atoms with E-state index in [0.29, 0.717) is 17.3 Å². The van der Waals surface area contributed by atoms with Crippen molar-refractivity contribution >= 4 is 34.6 Å². The molecule has 1 aliphatic carbocycles. The lowest BCUT2D eigenvalue weighted by Gasteiger charge is -2.24. The van der Waals surface area contributed by atoms with Gasteiger partial charge in [-0.3, -0.25) is 4.57 Å². The SMILES string of the molecule is Cc1cc(SCc2ccccc2)ccc1Nc1nc(OC2CCCCC2)c2ncn(C3CCCCO3)c2n1. The molecule has 1 saturated heterocycles.